The van der Waals surface area contributed by atoms with Crippen molar-refractivity contribution in [1.29, 1.82) is 0 Å². The van der Waals surface area contributed by atoms with Crippen LogP contribution < -0.4 is 16.2 Å². The van der Waals surface area contributed by atoms with Gasteiger partial charge in [0.05, 0.1) is 6.04 Å². The van der Waals surface area contributed by atoms with Gasteiger partial charge >= 0.3 is 0 Å². The second kappa shape index (κ2) is 14.1. The topological polar surface area (TPSA) is 128 Å². The van der Waals surface area contributed by atoms with Crippen molar-refractivity contribution >= 4 is 23.5 Å². The molecule has 3 amide bonds. The summed E-state index contributed by atoms with van der Waals surface area (Å²) in [5.74, 6) is -1.98. The van der Waals surface area contributed by atoms with Crippen molar-refractivity contribution in [2.24, 2.45) is 11.8 Å². The summed E-state index contributed by atoms with van der Waals surface area (Å²) in [6.07, 6.45) is 5.30. The molecule has 0 spiro atoms. The lowest BCUT2D eigenvalue weighted by atomic mass is 9.93. The van der Waals surface area contributed by atoms with Crippen molar-refractivity contribution in [2.45, 2.75) is 97.6 Å². The van der Waals surface area contributed by atoms with E-state index in [0.717, 1.165) is 32.1 Å². The minimum Gasteiger partial charge on any atom is -0.344 e. The van der Waals surface area contributed by atoms with E-state index in [-0.39, 0.29) is 29.9 Å². The molecule has 1 aliphatic heterocycles. The van der Waals surface area contributed by atoms with Crippen LogP contribution in [0.3, 0.4) is 0 Å². The summed E-state index contributed by atoms with van der Waals surface area (Å²) in [6, 6.07) is -1.33. The first kappa shape index (κ1) is 27.0. The van der Waals surface area contributed by atoms with Gasteiger partial charge in [0.15, 0.2) is 5.78 Å². The molecule has 1 rings (SSSR count). The molecule has 0 aromatic heterocycles. The summed E-state index contributed by atoms with van der Waals surface area (Å²) in [5, 5.41) is 13.1. The maximum Gasteiger partial charge on any atom is 0.245 e. The third kappa shape index (κ3) is 8.22. The molecule has 0 aromatic rings. The van der Waals surface area contributed by atoms with Crippen molar-refractivity contribution in [1.82, 2.24) is 21.2 Å². The Hall–Kier alpha value is -2.00. The van der Waals surface area contributed by atoms with Gasteiger partial charge < -0.3 is 5.32 Å². The van der Waals surface area contributed by atoms with E-state index in [4.69, 9.17) is 5.21 Å². The Morgan fingerprint density at radius 1 is 1.16 bits per heavy atom. The summed E-state index contributed by atoms with van der Waals surface area (Å²) in [4.78, 5) is 50.5. The fourth-order valence-electron chi connectivity index (χ4n) is 3.88. The molecule has 0 aromatic carbocycles. The summed E-state index contributed by atoms with van der Waals surface area (Å²) in [7, 11) is 0. The predicted octanol–water partition coefficient (Wildman–Crippen LogP) is 2.08. The lowest BCUT2D eigenvalue weighted by Crippen LogP contribution is -2.62. The number of hydroxylamine groups is 1. The first-order chi connectivity index (χ1) is 14.8. The Morgan fingerprint density at radius 2 is 1.87 bits per heavy atom. The molecule has 1 aliphatic rings. The molecule has 0 unspecified atom stereocenters. The van der Waals surface area contributed by atoms with Crippen LogP contribution in [0.5, 0.6) is 0 Å². The molecule has 31 heavy (non-hydrogen) atoms. The lowest BCUT2D eigenvalue weighted by Gasteiger charge is -2.38. The predicted molar refractivity (Wildman–Crippen MR) is 117 cm³/mol. The Morgan fingerprint density at radius 3 is 2.45 bits per heavy atom. The standard InChI is InChI=1S/C22H40N4O5/c1-5-8-9-11-16(14-19(28)25-31)22(30)26-17(12-10-13-23-26)21(29)24-20(15(4)6-2)18(27)7-3/h15-17,20,23,31H,5-14H2,1-4H3,(H,24,29)(H,25,28)/t15-,16-,17-,20-/m0/s1. The number of nitrogens with one attached hydrogen (secondary N) is 3. The van der Waals surface area contributed by atoms with E-state index in [1.807, 2.05) is 13.8 Å². The number of amides is 3. The van der Waals surface area contributed by atoms with Crippen LogP contribution in [0.2, 0.25) is 0 Å². The second-order valence-electron chi connectivity index (χ2n) is 8.40. The summed E-state index contributed by atoms with van der Waals surface area (Å²) >= 11 is 0. The molecule has 4 atom stereocenters. The highest BCUT2D eigenvalue weighted by atomic mass is 16.5. The number of nitrogens with zero attached hydrogens (tertiary/aromatic N) is 1. The molecule has 4 N–H and O–H groups in total. The molecule has 0 aliphatic carbocycles. The van der Waals surface area contributed by atoms with E-state index in [9.17, 15) is 19.2 Å². The van der Waals surface area contributed by atoms with Crippen LogP contribution in [-0.4, -0.2) is 52.3 Å². The first-order valence-corrected chi connectivity index (χ1v) is 11.6. The average molecular weight is 441 g/mol. The molecule has 1 saturated heterocycles. The number of hydrogen-bond acceptors (Lipinski definition) is 6. The largest absolute Gasteiger partial charge is 0.344 e. The van der Waals surface area contributed by atoms with Crippen LogP contribution in [0.25, 0.3) is 0 Å². The van der Waals surface area contributed by atoms with Crippen LogP contribution in [0.1, 0.15) is 85.5 Å². The zero-order valence-corrected chi connectivity index (χ0v) is 19.4. The average Bonchev–Trinajstić information content (AvgIpc) is 2.80. The third-order valence-corrected chi connectivity index (χ3v) is 6.06. The van der Waals surface area contributed by atoms with Gasteiger partial charge in [-0.3, -0.25) is 29.4 Å². The quantitative estimate of drug-likeness (QED) is 0.197. The molecule has 0 bridgehead atoms. The normalized spacial score (nSPS) is 19.3. The Bertz CT molecular complexity index is 613. The molecule has 0 radical (unpaired) electrons. The number of Topliss-reactive ketones (excluding diaryl/α,β-unsaturated/α-hetero) is 1. The van der Waals surface area contributed by atoms with E-state index >= 15 is 0 Å². The van der Waals surface area contributed by atoms with Gasteiger partial charge in [-0.25, -0.2) is 10.9 Å². The van der Waals surface area contributed by atoms with Gasteiger partial charge in [-0.1, -0.05) is 53.4 Å². The zero-order chi connectivity index (χ0) is 23.4. The molecule has 1 heterocycles. The SMILES string of the molecule is CCCCC[C@@H](CC(=O)NO)C(=O)N1NCCC[C@H]1C(=O)N[C@H](C(=O)CC)[C@@H](C)CC. The Labute approximate surface area is 185 Å². The smallest absolute Gasteiger partial charge is 0.245 e. The fourth-order valence-corrected chi connectivity index (χ4v) is 3.88. The van der Waals surface area contributed by atoms with Gasteiger partial charge in [0.2, 0.25) is 17.7 Å². The highest BCUT2D eigenvalue weighted by Crippen LogP contribution is 2.21. The van der Waals surface area contributed by atoms with E-state index < -0.39 is 23.9 Å². The molecule has 1 fully saturated rings. The first-order valence-electron chi connectivity index (χ1n) is 11.6. The number of ketones is 1. The number of hydrogen-bond donors (Lipinski definition) is 4. The highest BCUT2D eigenvalue weighted by molar-refractivity contribution is 5.93. The van der Waals surface area contributed by atoms with Crippen LogP contribution in [0, 0.1) is 11.8 Å². The summed E-state index contributed by atoms with van der Waals surface area (Å²) in [5.41, 5.74) is 4.61. The van der Waals surface area contributed by atoms with Gasteiger partial charge in [-0.15, -0.1) is 0 Å². The molecule has 9 heteroatoms. The van der Waals surface area contributed by atoms with Gasteiger partial charge in [0.25, 0.3) is 0 Å². The second-order valence-corrected chi connectivity index (χ2v) is 8.40. The molecule has 9 nitrogen and oxygen atoms in total. The third-order valence-electron chi connectivity index (χ3n) is 6.06. The monoisotopic (exact) mass is 440 g/mol. The van der Waals surface area contributed by atoms with Crippen LogP contribution in [0.4, 0.5) is 0 Å². The van der Waals surface area contributed by atoms with Crippen molar-refractivity contribution in [3.8, 4) is 0 Å². The number of carbonyl (C=O) groups is 4. The highest BCUT2D eigenvalue weighted by Gasteiger charge is 2.38. The summed E-state index contributed by atoms with van der Waals surface area (Å²) < 4.78 is 0. The van der Waals surface area contributed by atoms with Crippen molar-refractivity contribution < 1.29 is 24.4 Å². The van der Waals surface area contributed by atoms with E-state index in [1.54, 1.807) is 12.4 Å². The summed E-state index contributed by atoms with van der Waals surface area (Å²) in [6.45, 7) is 8.27. The van der Waals surface area contributed by atoms with E-state index in [2.05, 4.69) is 17.7 Å². The van der Waals surface area contributed by atoms with Crippen molar-refractivity contribution in [3.63, 3.8) is 0 Å². The molecular formula is C22H40N4O5. The number of unbranched alkanes of at least 4 members (excludes halogenated alkanes) is 2. The van der Waals surface area contributed by atoms with Gasteiger partial charge in [-0.05, 0) is 25.2 Å². The number of carbonyl (C=O) groups excluding carboxylic acids is 4. The maximum atomic E-state index is 13.3. The number of rotatable bonds is 13. The van der Waals surface area contributed by atoms with Crippen LogP contribution >= 0.6 is 0 Å². The lowest BCUT2D eigenvalue weighted by molar-refractivity contribution is -0.152. The fraction of sp³-hybridized carbons (Fsp3) is 0.818. The van der Waals surface area contributed by atoms with Crippen molar-refractivity contribution in [2.75, 3.05) is 6.54 Å². The minimum absolute atomic E-state index is 0.00727. The van der Waals surface area contributed by atoms with Gasteiger partial charge in [0, 0.05) is 25.3 Å². The zero-order valence-electron chi connectivity index (χ0n) is 19.4. The van der Waals surface area contributed by atoms with Crippen LogP contribution in [0.15, 0.2) is 0 Å². The van der Waals surface area contributed by atoms with Gasteiger partial charge in [-0.2, -0.15) is 0 Å². The Kier molecular flexibility index (Phi) is 12.3. The number of hydrazine groups is 1. The van der Waals surface area contributed by atoms with Gasteiger partial charge in [0.1, 0.15) is 6.04 Å². The van der Waals surface area contributed by atoms with E-state index in [1.165, 1.54) is 5.01 Å². The van der Waals surface area contributed by atoms with E-state index in [0.29, 0.717) is 25.8 Å². The molecule has 0 saturated carbocycles. The molecular weight excluding hydrogens is 400 g/mol. The minimum atomic E-state index is -0.747. The van der Waals surface area contributed by atoms with Crippen molar-refractivity contribution in [3.05, 3.63) is 0 Å². The molecule has 178 valence electrons. The van der Waals surface area contributed by atoms with Crippen LogP contribution in [-0.2, 0) is 19.2 Å². The Balaban J connectivity index is 3.00. The maximum absolute atomic E-state index is 13.3.